The number of nitrogens with zero attached hydrogens (tertiary/aromatic N) is 1. The van der Waals surface area contributed by atoms with E-state index in [9.17, 15) is 4.79 Å². The molecule has 0 saturated carbocycles. The van der Waals surface area contributed by atoms with Gasteiger partial charge in [-0.1, -0.05) is 0 Å². The first-order valence-electron chi connectivity index (χ1n) is 4.04. The van der Waals surface area contributed by atoms with Crippen LogP contribution in [0.3, 0.4) is 0 Å². The van der Waals surface area contributed by atoms with E-state index in [0.717, 1.165) is 31.6 Å². The molecule has 0 aliphatic carbocycles. The van der Waals surface area contributed by atoms with Crippen molar-refractivity contribution < 1.29 is 4.79 Å². The summed E-state index contributed by atoms with van der Waals surface area (Å²) in [6.45, 7) is 2.03. The number of carbonyl (C=O) groups is 1. The predicted octanol–water partition coefficient (Wildman–Crippen LogP) is 0.0812. The maximum Gasteiger partial charge on any atom is 0.183 e. The number of hydrogen-bond acceptors (Lipinski definition) is 3. The van der Waals surface area contributed by atoms with E-state index in [2.05, 4.69) is 4.90 Å². The molecular formula is C8H12N2O. The van der Waals surface area contributed by atoms with Crippen molar-refractivity contribution in [1.29, 1.82) is 0 Å². The molecule has 3 aliphatic heterocycles. The van der Waals surface area contributed by atoms with Gasteiger partial charge in [-0.3, -0.25) is 4.79 Å². The number of nitrogens with two attached hydrogens (primary N) is 1. The normalized spacial score (nSPS) is 28.5. The van der Waals surface area contributed by atoms with Gasteiger partial charge in [0, 0.05) is 25.2 Å². The lowest BCUT2D eigenvalue weighted by Gasteiger charge is -2.40. The molecule has 2 bridgehead atoms. The Hall–Kier alpha value is -0.990. The van der Waals surface area contributed by atoms with Crippen LogP contribution in [0.1, 0.15) is 12.8 Å². The standard InChI is InChI=1S/C8H12N2O/c9-5-7-8(11)6-1-3-10(7)4-2-6/h5-6H,1-4,9H2. The Morgan fingerprint density at radius 2 is 2.09 bits per heavy atom. The third-order valence-corrected chi connectivity index (χ3v) is 2.62. The second-order valence-electron chi connectivity index (χ2n) is 3.18. The van der Waals surface area contributed by atoms with E-state index in [1.807, 2.05) is 0 Å². The van der Waals surface area contributed by atoms with Gasteiger partial charge in [0.2, 0.25) is 0 Å². The molecule has 0 unspecified atom stereocenters. The zero-order valence-corrected chi connectivity index (χ0v) is 6.42. The molecule has 11 heavy (non-hydrogen) atoms. The fourth-order valence-electron chi connectivity index (χ4n) is 1.94. The molecular weight excluding hydrogens is 140 g/mol. The molecule has 3 fully saturated rings. The van der Waals surface area contributed by atoms with Gasteiger partial charge in [-0.05, 0) is 12.8 Å². The second-order valence-corrected chi connectivity index (χ2v) is 3.18. The summed E-state index contributed by atoms with van der Waals surface area (Å²) in [7, 11) is 0. The Balaban J connectivity index is 2.30. The third kappa shape index (κ3) is 0.836. The molecule has 3 aliphatic rings. The van der Waals surface area contributed by atoms with Gasteiger partial charge in [-0.2, -0.15) is 0 Å². The van der Waals surface area contributed by atoms with Gasteiger partial charge < -0.3 is 10.6 Å². The molecule has 3 nitrogen and oxygen atoms in total. The third-order valence-electron chi connectivity index (χ3n) is 2.62. The lowest BCUT2D eigenvalue weighted by molar-refractivity contribution is -0.125. The number of allylic oxidation sites excluding steroid dienone is 1. The average Bonchev–Trinajstić information content (AvgIpc) is 2.06. The van der Waals surface area contributed by atoms with Crippen molar-refractivity contribution in [3.8, 4) is 0 Å². The summed E-state index contributed by atoms with van der Waals surface area (Å²) >= 11 is 0. The molecule has 0 amide bonds. The molecule has 3 saturated heterocycles. The number of hydrogen-bond donors (Lipinski definition) is 1. The number of fused-ring (bicyclic) bond motifs is 3. The van der Waals surface area contributed by atoms with Crippen LogP contribution in [0.2, 0.25) is 0 Å². The van der Waals surface area contributed by atoms with Crippen LogP contribution < -0.4 is 5.73 Å². The van der Waals surface area contributed by atoms with Crippen molar-refractivity contribution in [2.75, 3.05) is 13.1 Å². The number of piperidine rings is 3. The van der Waals surface area contributed by atoms with Crippen LogP contribution in [-0.2, 0) is 4.79 Å². The number of carbonyl (C=O) groups excluding carboxylic acids is 1. The van der Waals surface area contributed by atoms with Gasteiger partial charge in [0.05, 0.1) is 5.70 Å². The molecule has 2 N–H and O–H groups in total. The number of rotatable bonds is 0. The van der Waals surface area contributed by atoms with Crippen LogP contribution in [-0.4, -0.2) is 23.8 Å². The van der Waals surface area contributed by atoms with E-state index in [0.29, 0.717) is 0 Å². The zero-order valence-electron chi connectivity index (χ0n) is 6.42. The number of Topliss-reactive ketones (excluding diaryl/α,β-unsaturated/α-hetero) is 1. The van der Waals surface area contributed by atoms with E-state index < -0.39 is 0 Å². The van der Waals surface area contributed by atoms with Gasteiger partial charge in [0.25, 0.3) is 0 Å². The minimum Gasteiger partial charge on any atom is -0.403 e. The first-order valence-corrected chi connectivity index (χ1v) is 4.04. The first-order chi connectivity index (χ1) is 5.33. The summed E-state index contributed by atoms with van der Waals surface area (Å²) in [6.07, 6.45) is 3.50. The minimum absolute atomic E-state index is 0.255. The van der Waals surface area contributed by atoms with Crippen molar-refractivity contribution in [3.63, 3.8) is 0 Å². The fraction of sp³-hybridized carbons (Fsp3) is 0.625. The quantitative estimate of drug-likeness (QED) is 0.500. The Bertz CT molecular complexity index is 214. The topological polar surface area (TPSA) is 46.3 Å². The van der Waals surface area contributed by atoms with E-state index in [4.69, 9.17) is 5.73 Å². The summed E-state index contributed by atoms with van der Waals surface area (Å²) in [6, 6.07) is 0. The smallest absolute Gasteiger partial charge is 0.183 e. The van der Waals surface area contributed by atoms with E-state index in [-0.39, 0.29) is 11.7 Å². The molecule has 60 valence electrons. The fourth-order valence-corrected chi connectivity index (χ4v) is 1.94. The lowest BCUT2D eigenvalue weighted by atomic mass is 9.85. The SMILES string of the molecule is NC=C1C(=O)C2CCN1CC2. The van der Waals surface area contributed by atoms with Gasteiger partial charge in [-0.15, -0.1) is 0 Å². The van der Waals surface area contributed by atoms with Crippen molar-refractivity contribution in [2.24, 2.45) is 11.7 Å². The Kier molecular flexibility index (Phi) is 1.37. The molecule has 0 spiro atoms. The van der Waals surface area contributed by atoms with E-state index >= 15 is 0 Å². The summed E-state index contributed by atoms with van der Waals surface area (Å²) in [5.74, 6) is 0.528. The van der Waals surface area contributed by atoms with Gasteiger partial charge in [-0.25, -0.2) is 0 Å². The maximum atomic E-state index is 11.4. The second kappa shape index (κ2) is 2.26. The summed E-state index contributed by atoms with van der Waals surface area (Å²) < 4.78 is 0. The van der Waals surface area contributed by atoms with Gasteiger partial charge in [0.15, 0.2) is 5.78 Å². The van der Waals surface area contributed by atoms with Gasteiger partial charge in [0.1, 0.15) is 0 Å². The maximum absolute atomic E-state index is 11.4. The molecule has 0 radical (unpaired) electrons. The number of ketones is 1. The summed E-state index contributed by atoms with van der Waals surface area (Å²) in [4.78, 5) is 13.5. The van der Waals surface area contributed by atoms with Crippen molar-refractivity contribution >= 4 is 5.78 Å². The largest absolute Gasteiger partial charge is 0.403 e. The Morgan fingerprint density at radius 1 is 1.45 bits per heavy atom. The molecule has 0 aromatic rings. The lowest BCUT2D eigenvalue weighted by Crippen LogP contribution is -2.46. The Labute approximate surface area is 65.9 Å². The van der Waals surface area contributed by atoms with Crippen molar-refractivity contribution in [2.45, 2.75) is 12.8 Å². The molecule has 3 rings (SSSR count). The highest BCUT2D eigenvalue weighted by Crippen LogP contribution is 2.30. The van der Waals surface area contributed by atoms with Crippen LogP contribution in [0, 0.1) is 5.92 Å². The van der Waals surface area contributed by atoms with Crippen molar-refractivity contribution in [1.82, 2.24) is 4.90 Å². The molecule has 3 heterocycles. The average molecular weight is 152 g/mol. The Morgan fingerprint density at radius 3 is 2.45 bits per heavy atom. The first kappa shape index (κ1) is 6.70. The minimum atomic E-state index is 0.255. The van der Waals surface area contributed by atoms with Crippen LogP contribution in [0.25, 0.3) is 0 Å². The summed E-state index contributed by atoms with van der Waals surface area (Å²) in [5, 5.41) is 0. The van der Waals surface area contributed by atoms with Crippen LogP contribution in [0.15, 0.2) is 11.9 Å². The predicted molar refractivity (Wildman–Crippen MR) is 41.6 cm³/mol. The van der Waals surface area contributed by atoms with Crippen LogP contribution >= 0.6 is 0 Å². The van der Waals surface area contributed by atoms with Crippen LogP contribution in [0.5, 0.6) is 0 Å². The van der Waals surface area contributed by atoms with Crippen molar-refractivity contribution in [3.05, 3.63) is 11.9 Å². The molecule has 0 atom stereocenters. The highest BCUT2D eigenvalue weighted by Gasteiger charge is 2.35. The monoisotopic (exact) mass is 152 g/mol. The molecule has 0 aromatic carbocycles. The van der Waals surface area contributed by atoms with E-state index in [1.54, 1.807) is 0 Å². The van der Waals surface area contributed by atoms with E-state index in [1.165, 1.54) is 6.20 Å². The summed E-state index contributed by atoms with van der Waals surface area (Å²) in [5.41, 5.74) is 6.10. The van der Waals surface area contributed by atoms with Gasteiger partial charge >= 0.3 is 0 Å². The molecule has 3 heteroatoms. The van der Waals surface area contributed by atoms with Crippen LogP contribution in [0.4, 0.5) is 0 Å². The molecule has 0 aromatic heterocycles. The highest BCUT2D eigenvalue weighted by atomic mass is 16.1. The zero-order chi connectivity index (χ0) is 7.84. The highest BCUT2D eigenvalue weighted by molar-refractivity contribution is 5.97.